The molecule has 0 aliphatic heterocycles. The van der Waals surface area contributed by atoms with Gasteiger partial charge < -0.3 is 0 Å². The molecule has 2 aliphatic carbocycles. The van der Waals surface area contributed by atoms with Crippen LogP contribution in [-0.2, 0) is 0 Å². The molecule has 0 amide bonds. The summed E-state index contributed by atoms with van der Waals surface area (Å²) in [4.78, 5) is 0. The quantitative estimate of drug-likeness (QED) is 0.466. The predicted molar refractivity (Wildman–Crippen MR) is 38.1 cm³/mol. The minimum atomic E-state index is 0.874. The lowest BCUT2D eigenvalue weighted by atomic mass is 9.75. The predicted octanol–water partition coefficient (Wildman–Crippen LogP) is 2.52. The molecule has 9 heavy (non-hydrogen) atoms. The van der Waals surface area contributed by atoms with Crippen LogP contribution in [0.4, 0.5) is 0 Å². The zero-order valence-corrected chi connectivity index (χ0v) is 5.64. The molecule has 2 aliphatic rings. The Hall–Kier alpha value is -0.480. The number of allylic oxidation sites excluding steroid dienone is 1. The second-order valence-electron chi connectivity index (χ2n) is 3.13. The molecule has 2 rings (SSSR count). The molecule has 48 valence electrons. The molecule has 1 saturated carbocycles. The first-order chi connectivity index (χ1) is 4.47. The standard InChI is InChI=1S/C9H12/c1-2-5-8(4-1)9-6-3-7-9/h1,5,8-9H,3-4,6-7H2. The molecule has 1 atom stereocenters. The Morgan fingerprint density at radius 2 is 2.22 bits per heavy atom. The molecule has 0 bridgehead atoms. The van der Waals surface area contributed by atoms with Gasteiger partial charge in [-0.2, -0.15) is 0 Å². The first-order valence-electron chi connectivity index (χ1n) is 3.88. The summed E-state index contributed by atoms with van der Waals surface area (Å²) >= 11 is 0. The minimum absolute atomic E-state index is 0.874. The zero-order valence-electron chi connectivity index (χ0n) is 5.64. The molecule has 0 N–H and O–H groups in total. The third-order valence-electron chi connectivity index (χ3n) is 2.57. The van der Waals surface area contributed by atoms with E-state index in [4.69, 9.17) is 0 Å². The summed E-state index contributed by atoms with van der Waals surface area (Å²) in [6, 6.07) is 0. The molecule has 0 heteroatoms. The van der Waals surface area contributed by atoms with Crippen LogP contribution in [0.5, 0.6) is 0 Å². The van der Waals surface area contributed by atoms with Crippen LogP contribution in [0.25, 0.3) is 0 Å². The van der Waals surface area contributed by atoms with Gasteiger partial charge in [0.25, 0.3) is 0 Å². The van der Waals surface area contributed by atoms with E-state index in [-0.39, 0.29) is 0 Å². The summed E-state index contributed by atoms with van der Waals surface area (Å²) in [6.07, 6.45) is 10.1. The molecule has 0 aromatic rings. The van der Waals surface area contributed by atoms with Crippen LogP contribution < -0.4 is 0 Å². The highest BCUT2D eigenvalue weighted by molar-refractivity contribution is 5.03. The van der Waals surface area contributed by atoms with Gasteiger partial charge in [-0.25, -0.2) is 0 Å². The van der Waals surface area contributed by atoms with Crippen molar-refractivity contribution >= 4 is 0 Å². The van der Waals surface area contributed by atoms with Crippen LogP contribution >= 0.6 is 0 Å². The van der Waals surface area contributed by atoms with Crippen molar-refractivity contribution in [2.75, 3.05) is 0 Å². The fourth-order valence-corrected chi connectivity index (χ4v) is 1.66. The van der Waals surface area contributed by atoms with Gasteiger partial charge in [-0.3, -0.25) is 0 Å². The van der Waals surface area contributed by atoms with E-state index < -0.39 is 0 Å². The maximum Gasteiger partial charge on any atom is -0.00886 e. The number of rotatable bonds is 1. The van der Waals surface area contributed by atoms with E-state index in [1.807, 2.05) is 0 Å². The summed E-state index contributed by atoms with van der Waals surface area (Å²) in [6.45, 7) is 0. The van der Waals surface area contributed by atoms with E-state index in [1.165, 1.54) is 25.7 Å². The highest BCUT2D eigenvalue weighted by Gasteiger charge is 2.25. The highest BCUT2D eigenvalue weighted by Crippen LogP contribution is 2.37. The molecule has 0 aromatic carbocycles. The summed E-state index contributed by atoms with van der Waals surface area (Å²) in [5, 5.41) is 0. The van der Waals surface area contributed by atoms with E-state index in [2.05, 4.69) is 17.9 Å². The molecule has 0 heterocycles. The van der Waals surface area contributed by atoms with Crippen LogP contribution in [0.15, 0.2) is 17.9 Å². The van der Waals surface area contributed by atoms with Crippen molar-refractivity contribution in [2.24, 2.45) is 11.8 Å². The molecule has 1 fully saturated rings. The third kappa shape index (κ3) is 0.840. The molecule has 0 nitrogen and oxygen atoms in total. The van der Waals surface area contributed by atoms with Gasteiger partial charge in [0, 0.05) is 0 Å². The maximum absolute atomic E-state index is 3.17. The Kier molecular flexibility index (Phi) is 1.20. The largest absolute Gasteiger partial charge is 0.129 e. The van der Waals surface area contributed by atoms with Crippen molar-refractivity contribution in [3.05, 3.63) is 17.9 Å². The van der Waals surface area contributed by atoms with Gasteiger partial charge in [0.15, 0.2) is 0 Å². The average Bonchev–Trinajstić information content (AvgIpc) is 2.11. The number of hydrogen-bond acceptors (Lipinski definition) is 0. The summed E-state index contributed by atoms with van der Waals surface area (Å²) in [7, 11) is 0. The topological polar surface area (TPSA) is 0 Å². The summed E-state index contributed by atoms with van der Waals surface area (Å²) in [5.74, 6) is 1.90. The van der Waals surface area contributed by atoms with Crippen LogP contribution in [0, 0.1) is 11.8 Å². The Balaban J connectivity index is 1.92. The van der Waals surface area contributed by atoms with Gasteiger partial charge in [-0.15, -0.1) is 5.73 Å². The lowest BCUT2D eigenvalue weighted by Crippen LogP contribution is -2.18. The maximum atomic E-state index is 3.17. The zero-order chi connectivity index (χ0) is 6.10. The lowest BCUT2D eigenvalue weighted by molar-refractivity contribution is 0.246. The molecule has 0 aromatic heterocycles. The second kappa shape index (κ2) is 2.04. The number of hydrogen-bond donors (Lipinski definition) is 0. The monoisotopic (exact) mass is 120 g/mol. The Morgan fingerprint density at radius 3 is 2.67 bits per heavy atom. The average molecular weight is 120 g/mol. The molecule has 0 spiro atoms. The normalized spacial score (nSPS) is 33.1. The van der Waals surface area contributed by atoms with Crippen molar-refractivity contribution in [1.82, 2.24) is 0 Å². The van der Waals surface area contributed by atoms with Crippen molar-refractivity contribution in [2.45, 2.75) is 25.7 Å². The van der Waals surface area contributed by atoms with Crippen molar-refractivity contribution in [3.63, 3.8) is 0 Å². The fourth-order valence-electron chi connectivity index (χ4n) is 1.66. The molecular weight excluding hydrogens is 108 g/mol. The lowest BCUT2D eigenvalue weighted by Gasteiger charge is -2.29. The van der Waals surface area contributed by atoms with E-state index in [0.29, 0.717) is 0 Å². The minimum Gasteiger partial charge on any atom is -0.129 e. The van der Waals surface area contributed by atoms with E-state index in [1.54, 1.807) is 0 Å². The SMILES string of the molecule is C1=CCC(C2CCC2)C=1. The Labute approximate surface area is 56.3 Å². The van der Waals surface area contributed by atoms with Crippen LogP contribution in [0.1, 0.15) is 25.7 Å². The van der Waals surface area contributed by atoms with Crippen LogP contribution in [0.3, 0.4) is 0 Å². The van der Waals surface area contributed by atoms with E-state index in [0.717, 1.165) is 11.8 Å². The second-order valence-corrected chi connectivity index (χ2v) is 3.13. The van der Waals surface area contributed by atoms with Crippen molar-refractivity contribution < 1.29 is 0 Å². The highest BCUT2D eigenvalue weighted by atomic mass is 14.3. The van der Waals surface area contributed by atoms with Gasteiger partial charge >= 0.3 is 0 Å². The van der Waals surface area contributed by atoms with Crippen LogP contribution in [0.2, 0.25) is 0 Å². The summed E-state index contributed by atoms with van der Waals surface area (Å²) < 4.78 is 0. The summed E-state index contributed by atoms with van der Waals surface area (Å²) in [5.41, 5.74) is 3.17. The van der Waals surface area contributed by atoms with Gasteiger partial charge in [0.1, 0.15) is 0 Å². The first kappa shape index (κ1) is 5.32. The smallest absolute Gasteiger partial charge is 0.00886 e. The van der Waals surface area contributed by atoms with E-state index >= 15 is 0 Å². The molecular formula is C9H12. The van der Waals surface area contributed by atoms with Crippen molar-refractivity contribution in [1.29, 1.82) is 0 Å². The van der Waals surface area contributed by atoms with Gasteiger partial charge in [0.2, 0.25) is 0 Å². The van der Waals surface area contributed by atoms with E-state index in [9.17, 15) is 0 Å². The first-order valence-corrected chi connectivity index (χ1v) is 3.88. The third-order valence-corrected chi connectivity index (χ3v) is 2.57. The van der Waals surface area contributed by atoms with Crippen LogP contribution in [-0.4, -0.2) is 0 Å². The molecule has 1 unspecified atom stereocenters. The fraction of sp³-hybridized carbons (Fsp3) is 0.667. The van der Waals surface area contributed by atoms with Gasteiger partial charge in [0.05, 0.1) is 0 Å². The Bertz CT molecular complexity index is 157. The van der Waals surface area contributed by atoms with Crippen molar-refractivity contribution in [3.8, 4) is 0 Å². The molecule has 0 saturated heterocycles. The Morgan fingerprint density at radius 1 is 1.33 bits per heavy atom. The van der Waals surface area contributed by atoms with Gasteiger partial charge in [-0.1, -0.05) is 6.42 Å². The van der Waals surface area contributed by atoms with Gasteiger partial charge in [-0.05, 0) is 43.3 Å². The molecule has 0 radical (unpaired) electrons.